The van der Waals surface area contributed by atoms with E-state index in [1.54, 1.807) is 0 Å². The number of anilines is 1. The van der Waals surface area contributed by atoms with Gasteiger partial charge in [-0.25, -0.2) is 0 Å². The zero-order valence-corrected chi connectivity index (χ0v) is 17.4. The van der Waals surface area contributed by atoms with E-state index in [-0.39, 0.29) is 30.1 Å². The number of piperidine rings is 1. The molecule has 150 valence electrons. The third-order valence-corrected chi connectivity index (χ3v) is 6.06. The molecule has 1 aromatic rings. The van der Waals surface area contributed by atoms with Gasteiger partial charge in [0.1, 0.15) is 0 Å². The van der Waals surface area contributed by atoms with Crippen LogP contribution in [0.4, 0.5) is 5.69 Å². The van der Waals surface area contributed by atoms with Crippen LogP contribution in [-0.4, -0.2) is 49.4 Å². The SMILES string of the molecule is CCC(C)c1ccccc1N1CC(C(=O)N2CCC(NC)CC2)CC1=O.Cl. The van der Waals surface area contributed by atoms with Gasteiger partial charge in [0.15, 0.2) is 0 Å². The lowest BCUT2D eigenvalue weighted by atomic mass is 9.96. The molecule has 2 fully saturated rings. The second kappa shape index (κ2) is 9.56. The summed E-state index contributed by atoms with van der Waals surface area (Å²) in [5.41, 5.74) is 2.18. The molecule has 2 aliphatic heterocycles. The molecule has 2 unspecified atom stereocenters. The Bertz CT molecular complexity index is 659. The highest BCUT2D eigenvalue weighted by Crippen LogP contribution is 2.34. The van der Waals surface area contributed by atoms with Gasteiger partial charge in [-0.1, -0.05) is 32.0 Å². The van der Waals surface area contributed by atoms with Crippen molar-refractivity contribution in [2.75, 3.05) is 31.6 Å². The number of hydrogen-bond acceptors (Lipinski definition) is 3. The smallest absolute Gasteiger partial charge is 0.228 e. The summed E-state index contributed by atoms with van der Waals surface area (Å²) in [6.07, 6.45) is 3.34. The molecule has 0 bridgehead atoms. The van der Waals surface area contributed by atoms with Gasteiger partial charge in [0.05, 0.1) is 5.92 Å². The molecule has 1 aromatic carbocycles. The second-order valence-corrected chi connectivity index (χ2v) is 7.66. The molecule has 2 atom stereocenters. The Morgan fingerprint density at radius 3 is 2.56 bits per heavy atom. The number of carbonyl (C=O) groups excluding carboxylic acids is 2. The van der Waals surface area contributed by atoms with E-state index in [4.69, 9.17) is 0 Å². The molecule has 0 aliphatic carbocycles. The first-order valence-corrected chi connectivity index (χ1v) is 9.90. The van der Waals surface area contributed by atoms with E-state index >= 15 is 0 Å². The largest absolute Gasteiger partial charge is 0.342 e. The minimum absolute atomic E-state index is 0. The zero-order valence-electron chi connectivity index (χ0n) is 16.6. The number of nitrogens with zero attached hydrogens (tertiary/aromatic N) is 2. The van der Waals surface area contributed by atoms with Crippen LogP contribution in [0.1, 0.15) is 51.0 Å². The molecule has 2 heterocycles. The summed E-state index contributed by atoms with van der Waals surface area (Å²) in [4.78, 5) is 29.4. The fraction of sp³-hybridized carbons (Fsp3) is 0.619. The topological polar surface area (TPSA) is 52.7 Å². The van der Waals surface area contributed by atoms with Gasteiger partial charge in [-0.15, -0.1) is 12.4 Å². The maximum Gasteiger partial charge on any atom is 0.228 e. The number of hydrogen-bond donors (Lipinski definition) is 1. The van der Waals surface area contributed by atoms with E-state index in [1.165, 1.54) is 5.56 Å². The van der Waals surface area contributed by atoms with Gasteiger partial charge in [0, 0.05) is 37.8 Å². The predicted molar refractivity (Wildman–Crippen MR) is 112 cm³/mol. The normalized spacial score (nSPS) is 21.9. The van der Waals surface area contributed by atoms with Crippen molar-refractivity contribution in [1.29, 1.82) is 0 Å². The molecule has 6 heteroatoms. The molecule has 5 nitrogen and oxygen atoms in total. The lowest BCUT2D eigenvalue weighted by Gasteiger charge is -2.33. The number of halogens is 1. The predicted octanol–water partition coefficient (Wildman–Crippen LogP) is 3.19. The Hall–Kier alpha value is -1.59. The molecule has 0 saturated carbocycles. The number of amides is 2. The second-order valence-electron chi connectivity index (χ2n) is 7.66. The van der Waals surface area contributed by atoms with Crippen molar-refractivity contribution in [1.82, 2.24) is 10.2 Å². The summed E-state index contributed by atoms with van der Waals surface area (Å²) in [6.45, 7) is 6.44. The van der Waals surface area contributed by atoms with Crippen molar-refractivity contribution < 1.29 is 9.59 Å². The highest BCUT2D eigenvalue weighted by atomic mass is 35.5. The van der Waals surface area contributed by atoms with Gasteiger partial charge >= 0.3 is 0 Å². The van der Waals surface area contributed by atoms with Crippen LogP contribution >= 0.6 is 12.4 Å². The van der Waals surface area contributed by atoms with Crippen molar-refractivity contribution in [2.45, 2.75) is 51.5 Å². The van der Waals surface area contributed by atoms with Crippen LogP contribution in [-0.2, 0) is 9.59 Å². The molecule has 27 heavy (non-hydrogen) atoms. The Morgan fingerprint density at radius 2 is 1.93 bits per heavy atom. The van der Waals surface area contributed by atoms with Gasteiger partial charge in [0.2, 0.25) is 11.8 Å². The third kappa shape index (κ3) is 4.64. The van der Waals surface area contributed by atoms with Crippen molar-refractivity contribution in [3.8, 4) is 0 Å². The minimum atomic E-state index is -0.210. The first-order chi connectivity index (χ1) is 12.5. The van der Waals surface area contributed by atoms with E-state index in [9.17, 15) is 9.59 Å². The summed E-state index contributed by atoms with van der Waals surface area (Å²) >= 11 is 0. The summed E-state index contributed by atoms with van der Waals surface area (Å²) in [5.74, 6) is 0.411. The van der Waals surface area contributed by atoms with Crippen LogP contribution in [0.5, 0.6) is 0 Å². The molecular weight excluding hydrogens is 362 g/mol. The molecule has 2 aliphatic rings. The van der Waals surface area contributed by atoms with Crippen LogP contribution < -0.4 is 10.2 Å². The lowest BCUT2D eigenvalue weighted by molar-refractivity contribution is -0.136. The highest BCUT2D eigenvalue weighted by Gasteiger charge is 2.38. The average Bonchev–Trinajstić information content (AvgIpc) is 3.08. The zero-order chi connectivity index (χ0) is 18.7. The molecule has 2 saturated heterocycles. The van der Waals surface area contributed by atoms with Crippen molar-refractivity contribution in [3.05, 3.63) is 29.8 Å². The first kappa shape index (κ1) is 21.7. The summed E-state index contributed by atoms with van der Waals surface area (Å²) in [7, 11) is 1.98. The number of nitrogens with one attached hydrogen (secondary N) is 1. The molecule has 3 rings (SSSR count). The van der Waals surface area contributed by atoms with Crippen molar-refractivity contribution in [2.24, 2.45) is 5.92 Å². The molecule has 1 N–H and O–H groups in total. The van der Waals surface area contributed by atoms with E-state index < -0.39 is 0 Å². The quantitative estimate of drug-likeness (QED) is 0.835. The van der Waals surface area contributed by atoms with Crippen LogP contribution in [0.15, 0.2) is 24.3 Å². The Morgan fingerprint density at radius 1 is 1.26 bits per heavy atom. The number of carbonyl (C=O) groups is 2. The first-order valence-electron chi connectivity index (χ1n) is 9.90. The van der Waals surface area contributed by atoms with E-state index in [0.717, 1.165) is 38.0 Å². The van der Waals surface area contributed by atoms with Gasteiger partial charge in [0.25, 0.3) is 0 Å². The maximum absolute atomic E-state index is 12.9. The number of para-hydroxylation sites is 1. The van der Waals surface area contributed by atoms with Crippen molar-refractivity contribution >= 4 is 29.9 Å². The monoisotopic (exact) mass is 393 g/mol. The third-order valence-electron chi connectivity index (χ3n) is 6.06. The van der Waals surface area contributed by atoms with E-state index in [2.05, 4.69) is 25.2 Å². The Kier molecular flexibility index (Phi) is 7.68. The van der Waals surface area contributed by atoms with E-state index in [1.807, 2.05) is 35.0 Å². The fourth-order valence-corrected chi connectivity index (χ4v) is 4.12. The van der Waals surface area contributed by atoms with Gasteiger partial charge < -0.3 is 15.1 Å². The highest BCUT2D eigenvalue weighted by molar-refractivity contribution is 6.00. The molecule has 0 radical (unpaired) electrons. The van der Waals surface area contributed by atoms with Gasteiger partial charge in [-0.05, 0) is 43.9 Å². The molecular formula is C21H32ClN3O2. The van der Waals surface area contributed by atoms with Crippen molar-refractivity contribution in [3.63, 3.8) is 0 Å². The number of rotatable bonds is 5. The van der Waals surface area contributed by atoms with E-state index in [0.29, 0.717) is 24.9 Å². The molecule has 2 amide bonds. The Balaban J connectivity index is 0.00000261. The standard InChI is InChI=1S/C21H31N3O2.ClH/c1-4-15(2)18-7-5-6-8-19(18)24-14-16(13-20(24)25)21(26)23-11-9-17(22-3)10-12-23;/h5-8,15-17,22H,4,9-14H2,1-3H3;1H. The molecule has 0 aromatic heterocycles. The van der Waals surface area contributed by atoms with Crippen LogP contribution in [0, 0.1) is 5.92 Å². The fourth-order valence-electron chi connectivity index (χ4n) is 4.12. The average molecular weight is 394 g/mol. The maximum atomic E-state index is 12.9. The summed E-state index contributed by atoms with van der Waals surface area (Å²) < 4.78 is 0. The Labute approximate surface area is 168 Å². The minimum Gasteiger partial charge on any atom is -0.342 e. The lowest BCUT2D eigenvalue weighted by Crippen LogP contribution is -2.46. The van der Waals surface area contributed by atoms with Crippen LogP contribution in [0.2, 0.25) is 0 Å². The molecule has 0 spiro atoms. The van der Waals surface area contributed by atoms with Gasteiger partial charge in [-0.2, -0.15) is 0 Å². The number of likely N-dealkylation sites (tertiary alicyclic amines) is 1. The van der Waals surface area contributed by atoms with Gasteiger partial charge in [-0.3, -0.25) is 9.59 Å². The summed E-state index contributed by atoms with van der Waals surface area (Å²) in [5, 5.41) is 3.29. The van der Waals surface area contributed by atoms with Crippen LogP contribution in [0.25, 0.3) is 0 Å². The van der Waals surface area contributed by atoms with Crippen LogP contribution in [0.3, 0.4) is 0 Å². The summed E-state index contributed by atoms with van der Waals surface area (Å²) in [6, 6.07) is 8.63. The number of benzene rings is 1.